The lowest BCUT2D eigenvalue weighted by atomic mass is 10.2. The van der Waals surface area contributed by atoms with Crippen molar-refractivity contribution in [2.75, 3.05) is 13.2 Å². The van der Waals surface area contributed by atoms with Gasteiger partial charge in [0, 0.05) is 6.54 Å². The second-order valence-corrected chi connectivity index (χ2v) is 4.88. The van der Waals surface area contributed by atoms with Crippen molar-refractivity contribution in [3.05, 3.63) is 29.8 Å². The molecule has 1 heterocycles. The van der Waals surface area contributed by atoms with Gasteiger partial charge in [0.1, 0.15) is 12.4 Å². The zero-order chi connectivity index (χ0) is 12.8. The van der Waals surface area contributed by atoms with Crippen LogP contribution >= 0.6 is 0 Å². The minimum Gasteiger partial charge on any atom is -0.491 e. The van der Waals surface area contributed by atoms with Crippen molar-refractivity contribution in [3.63, 3.8) is 0 Å². The van der Waals surface area contributed by atoms with Crippen molar-refractivity contribution < 1.29 is 9.47 Å². The van der Waals surface area contributed by atoms with Gasteiger partial charge in [-0.1, -0.05) is 19.1 Å². The maximum atomic E-state index is 5.81. The molecule has 3 heteroatoms. The van der Waals surface area contributed by atoms with Gasteiger partial charge in [0.2, 0.25) is 0 Å². The van der Waals surface area contributed by atoms with Gasteiger partial charge in [0.05, 0.1) is 12.2 Å². The van der Waals surface area contributed by atoms with E-state index in [2.05, 4.69) is 31.3 Å². The third kappa shape index (κ3) is 4.00. The van der Waals surface area contributed by atoms with Crippen LogP contribution in [0, 0.1) is 0 Å². The fourth-order valence-corrected chi connectivity index (χ4v) is 2.21. The summed E-state index contributed by atoms with van der Waals surface area (Å²) in [5.74, 6) is 0.938. The summed E-state index contributed by atoms with van der Waals surface area (Å²) in [4.78, 5) is 0. The SMILES string of the molecule is CCNCc1cccc(OCC2CCC(C)O2)c1. The number of hydrogen-bond acceptors (Lipinski definition) is 3. The number of hydrogen-bond donors (Lipinski definition) is 1. The van der Waals surface area contributed by atoms with E-state index in [0.29, 0.717) is 12.7 Å². The van der Waals surface area contributed by atoms with Crippen LogP contribution in [0.2, 0.25) is 0 Å². The maximum absolute atomic E-state index is 5.81. The molecule has 0 saturated carbocycles. The highest BCUT2D eigenvalue weighted by Gasteiger charge is 2.22. The lowest BCUT2D eigenvalue weighted by Gasteiger charge is -2.13. The molecular weight excluding hydrogens is 226 g/mol. The molecule has 1 N–H and O–H groups in total. The monoisotopic (exact) mass is 249 g/mol. The number of benzene rings is 1. The van der Waals surface area contributed by atoms with Crippen LogP contribution in [-0.4, -0.2) is 25.4 Å². The second kappa shape index (κ2) is 6.76. The van der Waals surface area contributed by atoms with Crippen LogP contribution in [0.1, 0.15) is 32.3 Å². The molecule has 0 radical (unpaired) electrons. The Balaban J connectivity index is 1.81. The molecule has 0 spiro atoms. The third-order valence-electron chi connectivity index (χ3n) is 3.23. The van der Waals surface area contributed by atoms with Crippen molar-refractivity contribution in [2.24, 2.45) is 0 Å². The first-order valence-electron chi connectivity index (χ1n) is 6.86. The molecule has 0 aliphatic carbocycles. The Morgan fingerprint density at radius 1 is 1.39 bits per heavy atom. The zero-order valence-electron chi connectivity index (χ0n) is 11.3. The fourth-order valence-electron chi connectivity index (χ4n) is 2.21. The van der Waals surface area contributed by atoms with E-state index in [-0.39, 0.29) is 6.10 Å². The van der Waals surface area contributed by atoms with Crippen LogP contribution in [0.25, 0.3) is 0 Å². The Hall–Kier alpha value is -1.06. The molecule has 1 fully saturated rings. The van der Waals surface area contributed by atoms with E-state index in [1.807, 2.05) is 12.1 Å². The summed E-state index contributed by atoms with van der Waals surface area (Å²) in [5, 5.41) is 3.31. The van der Waals surface area contributed by atoms with Gasteiger partial charge in [-0.2, -0.15) is 0 Å². The standard InChI is InChI=1S/C15H23NO2/c1-3-16-10-13-5-4-6-14(9-13)17-11-15-8-7-12(2)18-15/h4-6,9,12,15-16H,3,7-8,10-11H2,1-2H3. The molecule has 1 aromatic rings. The molecule has 2 atom stereocenters. The first kappa shape index (κ1) is 13.4. The van der Waals surface area contributed by atoms with Crippen LogP contribution in [0.4, 0.5) is 0 Å². The predicted octanol–water partition coefficient (Wildman–Crippen LogP) is 2.74. The van der Waals surface area contributed by atoms with Crippen molar-refractivity contribution in [2.45, 2.75) is 45.4 Å². The smallest absolute Gasteiger partial charge is 0.119 e. The molecule has 1 aliphatic heterocycles. The quantitative estimate of drug-likeness (QED) is 0.841. The molecule has 18 heavy (non-hydrogen) atoms. The van der Waals surface area contributed by atoms with Crippen LogP contribution in [-0.2, 0) is 11.3 Å². The Bertz CT molecular complexity index is 367. The molecule has 1 aliphatic rings. The largest absolute Gasteiger partial charge is 0.491 e. The highest BCUT2D eigenvalue weighted by molar-refractivity contribution is 5.28. The van der Waals surface area contributed by atoms with Gasteiger partial charge < -0.3 is 14.8 Å². The Kier molecular flexibility index (Phi) is 5.02. The summed E-state index contributed by atoms with van der Waals surface area (Å²) >= 11 is 0. The van der Waals surface area contributed by atoms with Gasteiger partial charge in [0.15, 0.2) is 0 Å². The lowest BCUT2D eigenvalue weighted by Crippen LogP contribution is -2.18. The third-order valence-corrected chi connectivity index (χ3v) is 3.23. The summed E-state index contributed by atoms with van der Waals surface area (Å²) in [6.07, 6.45) is 2.91. The molecule has 3 nitrogen and oxygen atoms in total. The normalized spacial score (nSPS) is 23.2. The van der Waals surface area contributed by atoms with Crippen LogP contribution < -0.4 is 10.1 Å². The molecule has 0 bridgehead atoms. The molecule has 100 valence electrons. The molecule has 2 rings (SSSR count). The maximum Gasteiger partial charge on any atom is 0.119 e. The molecular formula is C15H23NO2. The second-order valence-electron chi connectivity index (χ2n) is 4.88. The van der Waals surface area contributed by atoms with Gasteiger partial charge >= 0.3 is 0 Å². The van der Waals surface area contributed by atoms with E-state index in [4.69, 9.17) is 9.47 Å². The minimum atomic E-state index is 0.262. The highest BCUT2D eigenvalue weighted by Crippen LogP contribution is 2.21. The first-order valence-corrected chi connectivity index (χ1v) is 6.86. The van der Waals surface area contributed by atoms with Gasteiger partial charge in [0.25, 0.3) is 0 Å². The predicted molar refractivity (Wildman–Crippen MR) is 72.9 cm³/mol. The van der Waals surface area contributed by atoms with Crippen LogP contribution in [0.15, 0.2) is 24.3 Å². The fraction of sp³-hybridized carbons (Fsp3) is 0.600. The summed E-state index contributed by atoms with van der Waals surface area (Å²) in [5.41, 5.74) is 1.26. The van der Waals surface area contributed by atoms with Gasteiger partial charge in [-0.15, -0.1) is 0 Å². The average Bonchev–Trinajstić information content (AvgIpc) is 2.80. The van der Waals surface area contributed by atoms with Crippen LogP contribution in [0.3, 0.4) is 0 Å². The Morgan fingerprint density at radius 3 is 3.00 bits per heavy atom. The van der Waals surface area contributed by atoms with Crippen molar-refractivity contribution >= 4 is 0 Å². The summed E-state index contributed by atoms with van der Waals surface area (Å²) in [6.45, 7) is 6.77. The highest BCUT2D eigenvalue weighted by atomic mass is 16.5. The molecule has 1 aromatic carbocycles. The summed E-state index contributed by atoms with van der Waals surface area (Å²) < 4.78 is 11.5. The zero-order valence-corrected chi connectivity index (χ0v) is 11.3. The molecule has 1 saturated heterocycles. The van der Waals surface area contributed by atoms with Crippen molar-refractivity contribution in [1.29, 1.82) is 0 Å². The van der Waals surface area contributed by atoms with Crippen molar-refractivity contribution in [1.82, 2.24) is 5.32 Å². The van der Waals surface area contributed by atoms with Gasteiger partial charge in [-0.05, 0) is 44.0 Å². The number of nitrogens with one attached hydrogen (secondary N) is 1. The van der Waals surface area contributed by atoms with E-state index in [0.717, 1.165) is 31.7 Å². The first-order chi connectivity index (χ1) is 8.78. The summed E-state index contributed by atoms with van der Waals surface area (Å²) in [6, 6.07) is 8.26. The minimum absolute atomic E-state index is 0.262. The average molecular weight is 249 g/mol. The van der Waals surface area contributed by atoms with E-state index in [1.165, 1.54) is 5.56 Å². The van der Waals surface area contributed by atoms with Gasteiger partial charge in [-0.3, -0.25) is 0 Å². The van der Waals surface area contributed by atoms with E-state index in [1.54, 1.807) is 0 Å². The van der Waals surface area contributed by atoms with E-state index < -0.39 is 0 Å². The molecule has 2 unspecified atom stereocenters. The number of rotatable bonds is 6. The van der Waals surface area contributed by atoms with Gasteiger partial charge in [-0.25, -0.2) is 0 Å². The molecule has 0 amide bonds. The Morgan fingerprint density at radius 2 is 2.28 bits per heavy atom. The van der Waals surface area contributed by atoms with E-state index >= 15 is 0 Å². The number of ether oxygens (including phenoxy) is 2. The van der Waals surface area contributed by atoms with Crippen molar-refractivity contribution in [3.8, 4) is 5.75 Å². The lowest BCUT2D eigenvalue weighted by molar-refractivity contribution is 0.0264. The van der Waals surface area contributed by atoms with E-state index in [9.17, 15) is 0 Å². The Labute approximate surface area is 109 Å². The topological polar surface area (TPSA) is 30.5 Å². The van der Waals surface area contributed by atoms with Crippen LogP contribution in [0.5, 0.6) is 5.75 Å². The molecule has 0 aromatic heterocycles. The summed E-state index contributed by atoms with van der Waals surface area (Å²) in [7, 11) is 0.